The number of fused-ring (bicyclic) bond motifs is 1. The van der Waals surface area contributed by atoms with Gasteiger partial charge in [-0.15, -0.1) is 0 Å². The fourth-order valence-electron chi connectivity index (χ4n) is 6.44. The molecule has 0 spiro atoms. The zero-order valence-electron chi connectivity index (χ0n) is 26.7. The van der Waals surface area contributed by atoms with E-state index in [1.165, 1.54) is 36.2 Å². The lowest BCUT2D eigenvalue weighted by Crippen LogP contribution is -2.32. The van der Waals surface area contributed by atoms with Gasteiger partial charge in [0.05, 0.1) is 0 Å². The van der Waals surface area contributed by atoms with Crippen LogP contribution in [0.2, 0.25) is 0 Å². The van der Waals surface area contributed by atoms with Crippen molar-refractivity contribution >= 4 is 22.7 Å². The first kappa shape index (κ1) is 29.8. The number of nitrogens with zero attached hydrogens (tertiary/aromatic N) is 7. The number of aryl methyl sites for hydroxylation is 2. The highest BCUT2D eigenvalue weighted by Crippen LogP contribution is 2.32. The molecule has 1 aliphatic rings. The molecule has 0 amide bonds. The second-order valence-corrected chi connectivity index (χ2v) is 11.9. The summed E-state index contributed by atoms with van der Waals surface area (Å²) < 4.78 is 2.18. The third kappa shape index (κ3) is 6.34. The molecule has 228 valence electrons. The number of benzene rings is 3. The van der Waals surface area contributed by atoms with Gasteiger partial charge in [-0.25, -0.2) is 15.0 Å². The average Bonchev–Trinajstić information content (AvgIpc) is 3.27. The average molecular weight is 588 g/mol. The zero-order chi connectivity index (χ0) is 30.5. The minimum atomic E-state index is 0.764. The minimum absolute atomic E-state index is 0.764. The molecule has 2 aromatic heterocycles. The Labute approximate surface area is 262 Å². The monoisotopic (exact) mass is 587 g/mol. The van der Waals surface area contributed by atoms with Gasteiger partial charge in [0, 0.05) is 49.7 Å². The summed E-state index contributed by atoms with van der Waals surface area (Å²) in [5, 5.41) is 0. The minimum Gasteiger partial charge on any atom is -0.370 e. The highest BCUT2D eigenvalue weighted by Gasteiger charge is 2.22. The fraction of sp³-hybridized carbons (Fsp3) is 0.378. The molecule has 1 saturated heterocycles. The Bertz CT molecular complexity index is 1680. The van der Waals surface area contributed by atoms with E-state index >= 15 is 0 Å². The predicted octanol–water partition coefficient (Wildman–Crippen LogP) is 7.23. The van der Waals surface area contributed by atoms with E-state index in [0.717, 1.165) is 85.6 Å². The van der Waals surface area contributed by atoms with Crippen LogP contribution in [0.15, 0.2) is 78.9 Å². The van der Waals surface area contributed by atoms with Gasteiger partial charge in [0.2, 0.25) is 0 Å². The first-order valence-electron chi connectivity index (χ1n) is 16.2. The van der Waals surface area contributed by atoms with Crippen molar-refractivity contribution in [2.45, 2.75) is 47.0 Å². The van der Waals surface area contributed by atoms with E-state index in [0.29, 0.717) is 0 Å². The van der Waals surface area contributed by atoms with Crippen LogP contribution < -0.4 is 9.80 Å². The number of hydrogen-bond donors (Lipinski definition) is 0. The molecule has 1 fully saturated rings. The Morgan fingerprint density at radius 3 is 2.30 bits per heavy atom. The van der Waals surface area contributed by atoms with Crippen LogP contribution in [0.3, 0.4) is 0 Å². The van der Waals surface area contributed by atoms with Crippen LogP contribution in [-0.2, 0) is 0 Å². The van der Waals surface area contributed by atoms with E-state index in [9.17, 15) is 0 Å². The summed E-state index contributed by atoms with van der Waals surface area (Å²) in [5.74, 6) is 2.58. The van der Waals surface area contributed by atoms with Crippen molar-refractivity contribution in [2.75, 3.05) is 55.6 Å². The SMILES string of the molecule is CCN(CCCCN1CCCN(c2cccc(C)c2C)CC1)c1nc(C)nc2c1nc(-c1ccccc1)n2-c1ccccc1. The Kier molecular flexibility index (Phi) is 9.22. The molecule has 3 aromatic carbocycles. The molecule has 0 radical (unpaired) electrons. The summed E-state index contributed by atoms with van der Waals surface area (Å²) in [6.45, 7) is 16.2. The number of para-hydroxylation sites is 1. The van der Waals surface area contributed by atoms with Gasteiger partial charge in [-0.05, 0) is 89.4 Å². The van der Waals surface area contributed by atoms with Gasteiger partial charge >= 0.3 is 0 Å². The third-order valence-electron chi connectivity index (χ3n) is 8.99. The molecule has 7 heteroatoms. The Hall–Kier alpha value is -4.23. The van der Waals surface area contributed by atoms with E-state index in [4.69, 9.17) is 15.0 Å². The predicted molar refractivity (Wildman–Crippen MR) is 183 cm³/mol. The molecule has 0 aliphatic carbocycles. The molecule has 0 atom stereocenters. The molecule has 0 saturated carbocycles. The van der Waals surface area contributed by atoms with E-state index in [1.54, 1.807) is 0 Å². The van der Waals surface area contributed by atoms with Gasteiger partial charge in [-0.3, -0.25) is 4.57 Å². The summed E-state index contributed by atoms with van der Waals surface area (Å²) in [7, 11) is 0. The molecule has 6 rings (SSSR count). The van der Waals surface area contributed by atoms with Crippen LogP contribution in [0, 0.1) is 20.8 Å². The molecule has 0 unspecified atom stereocenters. The van der Waals surface area contributed by atoms with Gasteiger partial charge in [0.15, 0.2) is 17.0 Å². The fourth-order valence-corrected chi connectivity index (χ4v) is 6.44. The summed E-state index contributed by atoms with van der Waals surface area (Å²) in [6, 6.07) is 27.5. The van der Waals surface area contributed by atoms with Gasteiger partial charge in [-0.1, -0.05) is 60.7 Å². The van der Waals surface area contributed by atoms with Crippen LogP contribution in [0.25, 0.3) is 28.2 Å². The topological polar surface area (TPSA) is 53.3 Å². The molecule has 7 nitrogen and oxygen atoms in total. The molecular weight excluding hydrogens is 542 g/mol. The lowest BCUT2D eigenvalue weighted by molar-refractivity contribution is 0.287. The second-order valence-electron chi connectivity index (χ2n) is 11.9. The van der Waals surface area contributed by atoms with Crippen LogP contribution in [0.1, 0.15) is 43.1 Å². The van der Waals surface area contributed by atoms with Gasteiger partial charge in [0.1, 0.15) is 11.6 Å². The van der Waals surface area contributed by atoms with Crippen molar-refractivity contribution in [2.24, 2.45) is 0 Å². The number of unbranched alkanes of at least 4 members (excludes halogenated alkanes) is 1. The highest BCUT2D eigenvalue weighted by atomic mass is 15.2. The van der Waals surface area contributed by atoms with Crippen LogP contribution >= 0.6 is 0 Å². The maximum absolute atomic E-state index is 5.21. The van der Waals surface area contributed by atoms with Crippen molar-refractivity contribution in [3.05, 3.63) is 95.8 Å². The van der Waals surface area contributed by atoms with Crippen molar-refractivity contribution in [3.8, 4) is 17.1 Å². The molecule has 0 N–H and O–H groups in total. The smallest absolute Gasteiger partial charge is 0.170 e. The maximum atomic E-state index is 5.21. The molecule has 0 bridgehead atoms. The van der Waals surface area contributed by atoms with Crippen molar-refractivity contribution in [1.29, 1.82) is 0 Å². The van der Waals surface area contributed by atoms with E-state index in [1.807, 2.05) is 19.1 Å². The Morgan fingerprint density at radius 2 is 1.52 bits per heavy atom. The number of aromatic nitrogens is 4. The first-order chi connectivity index (χ1) is 21.5. The maximum Gasteiger partial charge on any atom is 0.170 e. The van der Waals surface area contributed by atoms with Crippen LogP contribution in [-0.4, -0.2) is 70.2 Å². The number of anilines is 2. The highest BCUT2D eigenvalue weighted by molar-refractivity contribution is 5.89. The summed E-state index contributed by atoms with van der Waals surface area (Å²) in [5.41, 5.74) is 8.03. The summed E-state index contributed by atoms with van der Waals surface area (Å²) >= 11 is 0. The molecule has 5 aromatic rings. The lowest BCUT2D eigenvalue weighted by atomic mass is 10.1. The van der Waals surface area contributed by atoms with Crippen LogP contribution in [0.4, 0.5) is 11.5 Å². The van der Waals surface area contributed by atoms with E-state index < -0.39 is 0 Å². The van der Waals surface area contributed by atoms with E-state index in [2.05, 4.69) is 107 Å². The summed E-state index contributed by atoms with van der Waals surface area (Å²) in [6.07, 6.45) is 3.49. The molecule has 3 heterocycles. The number of rotatable bonds is 10. The van der Waals surface area contributed by atoms with Crippen LogP contribution in [0.5, 0.6) is 0 Å². The summed E-state index contributed by atoms with van der Waals surface area (Å²) in [4.78, 5) is 22.7. The van der Waals surface area contributed by atoms with Crippen molar-refractivity contribution < 1.29 is 0 Å². The quantitative estimate of drug-likeness (QED) is 0.161. The lowest BCUT2D eigenvalue weighted by Gasteiger charge is -2.26. The molecular formula is C37H45N7. The van der Waals surface area contributed by atoms with E-state index in [-0.39, 0.29) is 0 Å². The third-order valence-corrected chi connectivity index (χ3v) is 8.99. The van der Waals surface area contributed by atoms with Gasteiger partial charge < -0.3 is 14.7 Å². The second kappa shape index (κ2) is 13.6. The first-order valence-corrected chi connectivity index (χ1v) is 16.2. The number of hydrogen-bond acceptors (Lipinski definition) is 6. The number of imidazole rings is 1. The largest absolute Gasteiger partial charge is 0.370 e. The zero-order valence-corrected chi connectivity index (χ0v) is 26.7. The van der Waals surface area contributed by atoms with Crippen molar-refractivity contribution in [3.63, 3.8) is 0 Å². The van der Waals surface area contributed by atoms with Gasteiger partial charge in [0.25, 0.3) is 0 Å². The normalized spacial score (nSPS) is 14.2. The molecule has 44 heavy (non-hydrogen) atoms. The Morgan fingerprint density at radius 1 is 0.750 bits per heavy atom. The van der Waals surface area contributed by atoms with Crippen molar-refractivity contribution in [1.82, 2.24) is 24.4 Å². The Balaban J connectivity index is 1.17. The van der Waals surface area contributed by atoms with Gasteiger partial charge in [-0.2, -0.15) is 0 Å². The standard InChI is InChI=1S/C37H45N7/c1-5-42(24-13-12-22-41-23-15-25-43(27-26-41)33-21-14-16-28(2)29(33)3)36-34-37(39-30(4)38-36)44(32-19-10-7-11-20-32)35(40-34)31-17-8-6-9-18-31/h6-11,14,16-21H,5,12-13,15,22-27H2,1-4H3. The molecule has 1 aliphatic heterocycles.